The molecule has 0 saturated carbocycles. The van der Waals surface area contributed by atoms with Gasteiger partial charge in [0.1, 0.15) is 5.01 Å². The van der Waals surface area contributed by atoms with Gasteiger partial charge in [-0.3, -0.25) is 4.79 Å². The number of nitrogens with zero attached hydrogens (tertiary/aromatic N) is 1. The van der Waals surface area contributed by atoms with Gasteiger partial charge in [0.25, 0.3) is 0 Å². The predicted octanol–water partition coefficient (Wildman–Crippen LogP) is 0.964. The first-order valence-electron chi connectivity index (χ1n) is 3.85. The summed E-state index contributed by atoms with van der Waals surface area (Å²) < 4.78 is 0. The number of carbonyl (C=O) groups is 1. The van der Waals surface area contributed by atoms with E-state index in [9.17, 15) is 4.79 Å². The molecule has 0 spiro atoms. The van der Waals surface area contributed by atoms with Gasteiger partial charge in [-0.15, -0.1) is 11.3 Å². The number of hydrogen-bond acceptors (Lipinski definition) is 4. The van der Waals surface area contributed by atoms with Crippen LogP contribution in [0.2, 0.25) is 0 Å². The van der Waals surface area contributed by atoms with Crippen molar-refractivity contribution in [2.75, 3.05) is 0 Å². The van der Waals surface area contributed by atoms with E-state index in [0.29, 0.717) is 5.01 Å². The van der Waals surface area contributed by atoms with Crippen molar-refractivity contribution in [1.82, 2.24) is 4.98 Å². The van der Waals surface area contributed by atoms with Gasteiger partial charge in [0.15, 0.2) is 0 Å². The molecule has 72 valence electrons. The first kappa shape index (κ1) is 10.1. The summed E-state index contributed by atoms with van der Waals surface area (Å²) in [5.41, 5.74) is 5.39. The second-order valence-corrected chi connectivity index (χ2v) is 4.53. The topological polar surface area (TPSA) is 76.2 Å². The monoisotopic (exact) mass is 200 g/mol. The van der Waals surface area contributed by atoms with E-state index in [1.165, 1.54) is 11.3 Å². The largest absolute Gasteiger partial charge is 0.481 e. The normalized spacial score (nSPS) is 11.6. The summed E-state index contributed by atoms with van der Waals surface area (Å²) in [4.78, 5) is 15.2. The highest BCUT2D eigenvalue weighted by molar-refractivity contribution is 7.11. The Kier molecular flexibility index (Phi) is 2.68. The van der Waals surface area contributed by atoms with Crippen LogP contribution in [0.4, 0.5) is 0 Å². The Morgan fingerprint density at radius 1 is 1.77 bits per heavy atom. The molecule has 1 aromatic heterocycles. The van der Waals surface area contributed by atoms with E-state index in [2.05, 4.69) is 4.98 Å². The molecule has 0 bridgehead atoms. The Bertz CT molecular complexity index is 314. The van der Waals surface area contributed by atoms with Gasteiger partial charge in [-0.05, 0) is 13.8 Å². The molecule has 0 aromatic carbocycles. The number of thiazole rings is 1. The van der Waals surface area contributed by atoms with E-state index < -0.39 is 11.5 Å². The summed E-state index contributed by atoms with van der Waals surface area (Å²) in [6.07, 6.45) is 1.61. The summed E-state index contributed by atoms with van der Waals surface area (Å²) in [7, 11) is 0. The van der Waals surface area contributed by atoms with Crippen molar-refractivity contribution < 1.29 is 9.90 Å². The Morgan fingerprint density at radius 3 is 2.77 bits per heavy atom. The van der Waals surface area contributed by atoms with Crippen molar-refractivity contribution >= 4 is 17.3 Å². The van der Waals surface area contributed by atoms with Gasteiger partial charge in [-0.1, -0.05) is 0 Å². The second-order valence-electron chi connectivity index (χ2n) is 3.41. The molecule has 4 nitrogen and oxygen atoms in total. The zero-order chi connectivity index (χ0) is 10.1. The number of hydrogen-bond donors (Lipinski definition) is 2. The number of rotatable bonds is 3. The fraction of sp³-hybridized carbons (Fsp3) is 0.500. The zero-order valence-corrected chi connectivity index (χ0v) is 8.39. The minimum absolute atomic E-state index is 0.0270. The highest BCUT2D eigenvalue weighted by atomic mass is 32.1. The van der Waals surface area contributed by atoms with Gasteiger partial charge >= 0.3 is 5.97 Å². The van der Waals surface area contributed by atoms with E-state index in [0.717, 1.165) is 4.88 Å². The van der Waals surface area contributed by atoms with Crippen LogP contribution in [-0.4, -0.2) is 16.1 Å². The maximum atomic E-state index is 10.4. The minimum atomic E-state index is -0.865. The number of nitrogens with two attached hydrogens (primary N) is 1. The highest BCUT2D eigenvalue weighted by Gasteiger charge is 2.18. The molecule has 0 atom stereocenters. The van der Waals surface area contributed by atoms with Crippen LogP contribution in [0.25, 0.3) is 0 Å². The van der Waals surface area contributed by atoms with Gasteiger partial charge in [0.05, 0.1) is 6.42 Å². The molecule has 1 heterocycles. The van der Waals surface area contributed by atoms with Crippen molar-refractivity contribution in [2.45, 2.75) is 25.8 Å². The van der Waals surface area contributed by atoms with Crippen molar-refractivity contribution in [3.05, 3.63) is 16.1 Å². The van der Waals surface area contributed by atoms with E-state index in [4.69, 9.17) is 10.8 Å². The molecule has 0 fully saturated rings. The smallest absolute Gasteiger partial charge is 0.310 e. The predicted molar refractivity (Wildman–Crippen MR) is 50.7 cm³/mol. The molecular formula is C8H12N2O2S. The maximum Gasteiger partial charge on any atom is 0.310 e. The molecule has 0 unspecified atom stereocenters. The number of aliphatic carboxylic acids is 1. The lowest BCUT2D eigenvalue weighted by Gasteiger charge is -2.14. The lowest BCUT2D eigenvalue weighted by Crippen LogP contribution is -2.27. The Balaban J connectivity index is 2.81. The van der Waals surface area contributed by atoms with E-state index in [-0.39, 0.29) is 6.42 Å². The molecule has 3 N–H and O–H groups in total. The van der Waals surface area contributed by atoms with Crippen LogP contribution in [0.5, 0.6) is 0 Å². The molecule has 13 heavy (non-hydrogen) atoms. The number of carboxylic acids is 1. The second kappa shape index (κ2) is 3.43. The van der Waals surface area contributed by atoms with Crippen LogP contribution < -0.4 is 5.73 Å². The fourth-order valence-electron chi connectivity index (χ4n) is 0.819. The van der Waals surface area contributed by atoms with Gasteiger partial charge in [-0.2, -0.15) is 0 Å². The molecule has 0 radical (unpaired) electrons. The van der Waals surface area contributed by atoms with Crippen molar-refractivity contribution in [3.8, 4) is 0 Å². The summed E-state index contributed by atoms with van der Waals surface area (Å²) in [5, 5.41) is 9.11. The standard InChI is InChI=1S/C8H12N2O2S/c1-8(2,9)5-4-10-6(13-5)3-7(11)12/h4H,3,9H2,1-2H3,(H,11,12). The third-order valence-corrected chi connectivity index (χ3v) is 2.83. The fourth-order valence-corrected chi connectivity index (χ4v) is 1.74. The maximum absolute atomic E-state index is 10.4. The van der Waals surface area contributed by atoms with Crippen molar-refractivity contribution in [2.24, 2.45) is 5.73 Å². The minimum Gasteiger partial charge on any atom is -0.481 e. The summed E-state index contributed by atoms with van der Waals surface area (Å²) in [5.74, 6) is -0.865. The Labute approximate surface area is 80.4 Å². The van der Waals surface area contributed by atoms with Gasteiger partial charge in [-0.25, -0.2) is 4.98 Å². The molecule has 0 aliphatic carbocycles. The lowest BCUT2D eigenvalue weighted by molar-refractivity contribution is -0.136. The quantitative estimate of drug-likeness (QED) is 0.762. The highest BCUT2D eigenvalue weighted by Crippen LogP contribution is 2.23. The number of aromatic nitrogens is 1. The Morgan fingerprint density at radius 2 is 2.38 bits per heavy atom. The molecule has 1 aromatic rings. The van der Waals surface area contributed by atoms with Crippen LogP contribution in [-0.2, 0) is 16.8 Å². The van der Waals surface area contributed by atoms with Gasteiger partial charge in [0, 0.05) is 16.6 Å². The van der Waals surface area contributed by atoms with Gasteiger partial charge in [0.2, 0.25) is 0 Å². The van der Waals surface area contributed by atoms with E-state index in [1.807, 2.05) is 13.8 Å². The summed E-state index contributed by atoms with van der Waals surface area (Å²) >= 11 is 1.35. The van der Waals surface area contributed by atoms with Crippen LogP contribution in [0, 0.1) is 0 Å². The molecule has 0 aliphatic rings. The van der Waals surface area contributed by atoms with Crippen molar-refractivity contribution in [1.29, 1.82) is 0 Å². The number of carboxylic acid groups (broad SMARTS) is 1. The molecule has 0 amide bonds. The SMILES string of the molecule is CC(C)(N)c1cnc(CC(=O)O)s1. The average molecular weight is 200 g/mol. The molecule has 0 aliphatic heterocycles. The molecule has 1 rings (SSSR count). The molecule has 0 saturated heterocycles. The van der Waals surface area contributed by atoms with Crippen LogP contribution in [0.3, 0.4) is 0 Å². The van der Waals surface area contributed by atoms with Crippen LogP contribution >= 0.6 is 11.3 Å². The van der Waals surface area contributed by atoms with Crippen LogP contribution in [0.15, 0.2) is 6.20 Å². The summed E-state index contributed by atoms with van der Waals surface area (Å²) in [6.45, 7) is 3.73. The lowest BCUT2D eigenvalue weighted by atomic mass is 10.1. The van der Waals surface area contributed by atoms with Crippen molar-refractivity contribution in [3.63, 3.8) is 0 Å². The zero-order valence-electron chi connectivity index (χ0n) is 7.57. The first-order chi connectivity index (χ1) is 5.89. The molecular weight excluding hydrogens is 188 g/mol. The first-order valence-corrected chi connectivity index (χ1v) is 4.67. The third kappa shape index (κ3) is 2.78. The Hall–Kier alpha value is -0.940. The summed E-state index contributed by atoms with van der Waals surface area (Å²) in [6, 6.07) is 0. The molecule has 5 heteroatoms. The third-order valence-electron chi connectivity index (χ3n) is 1.49. The van der Waals surface area contributed by atoms with Gasteiger partial charge < -0.3 is 10.8 Å². The van der Waals surface area contributed by atoms with E-state index >= 15 is 0 Å². The average Bonchev–Trinajstić information content (AvgIpc) is 2.32. The van der Waals surface area contributed by atoms with E-state index in [1.54, 1.807) is 6.20 Å². The van der Waals surface area contributed by atoms with Crippen LogP contribution in [0.1, 0.15) is 23.7 Å².